The summed E-state index contributed by atoms with van der Waals surface area (Å²) in [5.41, 5.74) is 1.59. The molecule has 1 amide bonds. The van der Waals surface area contributed by atoms with E-state index in [0.29, 0.717) is 16.8 Å². The van der Waals surface area contributed by atoms with E-state index in [-0.39, 0.29) is 18.3 Å². The third kappa shape index (κ3) is 5.02. The largest absolute Gasteiger partial charge is 0.450 e. The average molecular weight is 430 g/mol. The van der Waals surface area contributed by atoms with Crippen LogP contribution >= 0.6 is 11.8 Å². The maximum Gasteiger partial charge on any atom is 0.375 e. The molecule has 4 rings (SSSR count). The fourth-order valence-corrected chi connectivity index (χ4v) is 5.90. The van der Waals surface area contributed by atoms with E-state index in [0.717, 1.165) is 42.6 Å². The summed E-state index contributed by atoms with van der Waals surface area (Å²) in [7, 11) is 0. The summed E-state index contributed by atoms with van der Waals surface area (Å²) in [5, 5.41) is 1.60. The number of rotatable bonds is 6. The van der Waals surface area contributed by atoms with E-state index in [2.05, 4.69) is 6.92 Å². The predicted octanol–water partition coefficient (Wildman–Crippen LogP) is 5.41. The molecule has 2 aromatic rings. The van der Waals surface area contributed by atoms with Crippen molar-refractivity contribution in [2.75, 3.05) is 19.7 Å². The number of amides is 1. The summed E-state index contributed by atoms with van der Waals surface area (Å²) >= 11 is 1.91. The predicted molar refractivity (Wildman–Crippen MR) is 120 cm³/mol. The Bertz CT molecular complexity index is 886. The Kier molecular flexibility index (Phi) is 7.03. The Morgan fingerprint density at radius 1 is 1.13 bits per heavy atom. The zero-order chi connectivity index (χ0) is 20.9. The number of benzene rings is 1. The molecule has 1 aromatic heterocycles. The molecule has 1 saturated heterocycles. The van der Waals surface area contributed by atoms with Gasteiger partial charge in [0.25, 0.3) is 5.91 Å². The van der Waals surface area contributed by atoms with Crippen LogP contribution in [0.3, 0.4) is 0 Å². The average Bonchev–Trinajstić information content (AvgIpc) is 3.15. The van der Waals surface area contributed by atoms with Gasteiger partial charge in [-0.05, 0) is 37.7 Å². The molecule has 1 aliphatic carbocycles. The summed E-state index contributed by atoms with van der Waals surface area (Å²) in [6.45, 7) is 3.41. The van der Waals surface area contributed by atoms with Gasteiger partial charge < -0.3 is 14.1 Å². The molecular formula is C24H31NO4S. The van der Waals surface area contributed by atoms with Crippen molar-refractivity contribution in [1.29, 1.82) is 0 Å². The first-order chi connectivity index (χ1) is 14.6. The van der Waals surface area contributed by atoms with Crippen molar-refractivity contribution in [2.24, 2.45) is 5.92 Å². The van der Waals surface area contributed by atoms with Gasteiger partial charge in [0.2, 0.25) is 5.76 Å². The molecule has 1 aromatic carbocycles. The van der Waals surface area contributed by atoms with Crippen LogP contribution in [0.1, 0.15) is 68.0 Å². The number of furan rings is 1. The highest BCUT2D eigenvalue weighted by Gasteiger charge is 2.26. The molecule has 30 heavy (non-hydrogen) atoms. The van der Waals surface area contributed by atoms with Crippen molar-refractivity contribution in [1.82, 2.24) is 4.90 Å². The molecular weight excluding hydrogens is 398 g/mol. The second kappa shape index (κ2) is 9.90. The SMILES string of the molecule is C[C@@H]1CCCN(C(=O)COC(=O)c2oc3ccccc3c2CSC2CCCCC2)C1. The highest BCUT2D eigenvalue weighted by molar-refractivity contribution is 7.99. The van der Waals surface area contributed by atoms with Crippen LogP contribution in [0.15, 0.2) is 28.7 Å². The van der Waals surface area contributed by atoms with Crippen molar-refractivity contribution in [2.45, 2.75) is 62.9 Å². The van der Waals surface area contributed by atoms with E-state index < -0.39 is 5.97 Å². The molecule has 1 aliphatic heterocycles. The maximum atomic E-state index is 12.8. The lowest BCUT2D eigenvalue weighted by molar-refractivity contribution is -0.136. The lowest BCUT2D eigenvalue weighted by atomic mass is 10.0. The number of nitrogens with zero attached hydrogens (tertiary/aromatic N) is 1. The van der Waals surface area contributed by atoms with Crippen LogP contribution in [-0.2, 0) is 15.3 Å². The van der Waals surface area contributed by atoms with Crippen LogP contribution in [-0.4, -0.2) is 41.7 Å². The molecule has 2 aliphatic rings. The summed E-state index contributed by atoms with van der Waals surface area (Å²) in [4.78, 5) is 27.1. The van der Waals surface area contributed by atoms with Crippen molar-refractivity contribution < 1.29 is 18.7 Å². The number of likely N-dealkylation sites (tertiary alicyclic amines) is 1. The maximum absolute atomic E-state index is 12.8. The van der Waals surface area contributed by atoms with Crippen LogP contribution in [0.4, 0.5) is 0 Å². The van der Waals surface area contributed by atoms with Gasteiger partial charge in [0, 0.05) is 35.0 Å². The fourth-order valence-electron chi connectivity index (χ4n) is 4.54. The van der Waals surface area contributed by atoms with E-state index in [9.17, 15) is 9.59 Å². The Morgan fingerprint density at radius 2 is 1.93 bits per heavy atom. The molecule has 2 heterocycles. The first-order valence-electron chi connectivity index (χ1n) is 11.2. The van der Waals surface area contributed by atoms with Crippen molar-refractivity contribution >= 4 is 34.6 Å². The lowest BCUT2D eigenvalue weighted by Crippen LogP contribution is -2.41. The number of piperidine rings is 1. The summed E-state index contributed by atoms with van der Waals surface area (Å²) < 4.78 is 11.3. The topological polar surface area (TPSA) is 59.8 Å². The van der Waals surface area contributed by atoms with E-state index in [4.69, 9.17) is 9.15 Å². The highest BCUT2D eigenvalue weighted by Crippen LogP contribution is 2.35. The number of carbonyl (C=O) groups is 2. The van der Waals surface area contributed by atoms with Gasteiger partial charge in [0.05, 0.1) is 0 Å². The van der Waals surface area contributed by atoms with Gasteiger partial charge in [0.15, 0.2) is 6.61 Å². The molecule has 1 atom stereocenters. The van der Waals surface area contributed by atoms with Gasteiger partial charge in [-0.25, -0.2) is 4.79 Å². The minimum Gasteiger partial charge on any atom is -0.450 e. The van der Waals surface area contributed by atoms with E-state index >= 15 is 0 Å². The van der Waals surface area contributed by atoms with Crippen molar-refractivity contribution in [3.05, 3.63) is 35.6 Å². The fraction of sp³-hybridized carbons (Fsp3) is 0.583. The lowest BCUT2D eigenvalue weighted by Gasteiger charge is -2.30. The Balaban J connectivity index is 1.44. The smallest absolute Gasteiger partial charge is 0.375 e. The molecule has 1 saturated carbocycles. The number of ether oxygens (including phenoxy) is 1. The first-order valence-corrected chi connectivity index (χ1v) is 12.2. The number of hydrogen-bond acceptors (Lipinski definition) is 5. The highest BCUT2D eigenvalue weighted by atomic mass is 32.2. The van der Waals surface area contributed by atoms with Crippen LogP contribution in [0.5, 0.6) is 0 Å². The Morgan fingerprint density at radius 3 is 2.73 bits per heavy atom. The first kappa shape index (κ1) is 21.3. The van der Waals surface area contributed by atoms with Gasteiger partial charge in [-0.2, -0.15) is 11.8 Å². The van der Waals surface area contributed by atoms with Gasteiger partial charge in [-0.1, -0.05) is 44.4 Å². The number of fused-ring (bicyclic) bond motifs is 1. The minimum absolute atomic E-state index is 0.121. The monoisotopic (exact) mass is 429 g/mol. The normalized spacial score (nSPS) is 20.4. The number of esters is 1. The molecule has 6 heteroatoms. The summed E-state index contributed by atoms with van der Waals surface area (Å²) in [5.74, 6) is 0.813. The van der Waals surface area contributed by atoms with Gasteiger partial charge >= 0.3 is 5.97 Å². The third-order valence-corrected chi connectivity index (χ3v) is 7.63. The Labute approximate surface area is 182 Å². The number of hydrogen-bond donors (Lipinski definition) is 0. The summed E-state index contributed by atoms with van der Waals surface area (Å²) in [6.07, 6.45) is 8.53. The van der Waals surface area contributed by atoms with Crippen LogP contribution < -0.4 is 0 Å². The van der Waals surface area contributed by atoms with Crippen LogP contribution in [0.2, 0.25) is 0 Å². The zero-order valence-electron chi connectivity index (χ0n) is 17.7. The van der Waals surface area contributed by atoms with E-state index in [1.54, 1.807) is 4.90 Å². The zero-order valence-corrected chi connectivity index (χ0v) is 18.5. The number of carbonyl (C=O) groups excluding carboxylic acids is 2. The molecule has 0 radical (unpaired) electrons. The molecule has 0 N–H and O–H groups in total. The van der Waals surface area contributed by atoms with Crippen molar-refractivity contribution in [3.8, 4) is 0 Å². The van der Waals surface area contributed by atoms with E-state index in [1.165, 1.54) is 32.1 Å². The van der Waals surface area contributed by atoms with Gasteiger partial charge in [0.1, 0.15) is 5.58 Å². The van der Waals surface area contributed by atoms with Crippen molar-refractivity contribution in [3.63, 3.8) is 0 Å². The molecule has 0 bridgehead atoms. The van der Waals surface area contributed by atoms with Crippen LogP contribution in [0.25, 0.3) is 11.0 Å². The number of para-hydroxylation sites is 1. The minimum atomic E-state index is -0.538. The molecule has 2 fully saturated rings. The second-order valence-corrected chi connectivity index (χ2v) is 9.93. The molecule has 5 nitrogen and oxygen atoms in total. The standard InChI is InChI=1S/C24H31NO4S/c1-17-8-7-13-25(14-17)22(26)15-28-24(27)23-20(16-30-18-9-3-2-4-10-18)19-11-5-6-12-21(19)29-23/h5-6,11-12,17-18H,2-4,7-10,13-16H2,1H3/t17-/m1/s1. The summed E-state index contributed by atoms with van der Waals surface area (Å²) in [6, 6.07) is 7.73. The number of thioether (sulfide) groups is 1. The third-order valence-electron chi connectivity index (χ3n) is 6.24. The second-order valence-electron chi connectivity index (χ2n) is 8.64. The quantitative estimate of drug-likeness (QED) is 0.574. The molecule has 0 spiro atoms. The van der Waals surface area contributed by atoms with Gasteiger partial charge in [-0.15, -0.1) is 0 Å². The molecule has 0 unspecified atom stereocenters. The van der Waals surface area contributed by atoms with Gasteiger partial charge in [-0.3, -0.25) is 4.79 Å². The van der Waals surface area contributed by atoms with E-state index in [1.807, 2.05) is 36.0 Å². The van der Waals surface area contributed by atoms with Crippen LogP contribution in [0, 0.1) is 5.92 Å². The molecule has 162 valence electrons. The Hall–Kier alpha value is -1.95.